The van der Waals surface area contributed by atoms with Crippen LogP contribution in [0.4, 0.5) is 0 Å². The summed E-state index contributed by atoms with van der Waals surface area (Å²) in [5, 5.41) is 0. The van der Waals surface area contributed by atoms with Crippen LogP contribution < -0.4 is 0 Å². The van der Waals surface area contributed by atoms with E-state index in [2.05, 4.69) is 6.08 Å². The first-order chi connectivity index (χ1) is 6.83. The lowest BCUT2D eigenvalue weighted by Gasteiger charge is -2.29. The lowest BCUT2D eigenvalue weighted by Crippen LogP contribution is -2.33. The summed E-state index contributed by atoms with van der Waals surface area (Å²) in [5.74, 6) is -0.565. The van der Waals surface area contributed by atoms with Gasteiger partial charge in [0.05, 0.1) is 0 Å². The second-order valence-electron chi connectivity index (χ2n) is 3.05. The van der Waals surface area contributed by atoms with Gasteiger partial charge in [-0.1, -0.05) is 30.4 Å². The lowest BCUT2D eigenvalue weighted by atomic mass is 10.1. The van der Waals surface area contributed by atoms with Gasteiger partial charge in [0, 0.05) is 19.6 Å². The Morgan fingerprint density at radius 3 is 2.29 bits per heavy atom. The zero-order chi connectivity index (χ0) is 10.3. The molecule has 78 valence electrons. The van der Waals surface area contributed by atoms with Crippen molar-refractivity contribution < 1.29 is 9.47 Å². The molecule has 14 heavy (non-hydrogen) atoms. The third-order valence-electron chi connectivity index (χ3n) is 2.00. The fourth-order valence-electron chi connectivity index (χ4n) is 1.45. The summed E-state index contributed by atoms with van der Waals surface area (Å²) in [7, 11) is 0. The molecule has 2 heteroatoms. The van der Waals surface area contributed by atoms with Crippen LogP contribution in [0.25, 0.3) is 0 Å². The third-order valence-corrected chi connectivity index (χ3v) is 2.00. The van der Waals surface area contributed by atoms with Crippen LogP contribution in [0.2, 0.25) is 0 Å². The van der Waals surface area contributed by atoms with Crippen LogP contribution >= 0.6 is 0 Å². The zero-order valence-electron chi connectivity index (χ0n) is 8.90. The Bertz CT molecular complexity index is 233. The highest BCUT2D eigenvalue weighted by atomic mass is 16.7. The molecule has 0 aromatic heterocycles. The molecule has 1 aliphatic carbocycles. The highest BCUT2D eigenvalue weighted by Crippen LogP contribution is 2.22. The van der Waals surface area contributed by atoms with E-state index in [-0.39, 0.29) is 0 Å². The van der Waals surface area contributed by atoms with Crippen LogP contribution in [-0.2, 0) is 9.47 Å². The van der Waals surface area contributed by atoms with Crippen LogP contribution in [0.3, 0.4) is 0 Å². The summed E-state index contributed by atoms with van der Waals surface area (Å²) in [4.78, 5) is 0. The van der Waals surface area contributed by atoms with Crippen molar-refractivity contribution in [3.8, 4) is 0 Å². The summed E-state index contributed by atoms with van der Waals surface area (Å²) in [5.41, 5.74) is 0. The predicted molar refractivity (Wildman–Crippen MR) is 58.0 cm³/mol. The second kappa shape index (κ2) is 5.78. The Hall–Kier alpha value is -0.860. The maximum Gasteiger partial charge on any atom is 0.191 e. The number of allylic oxidation sites excluding steroid dienone is 4. The van der Waals surface area contributed by atoms with Gasteiger partial charge < -0.3 is 9.47 Å². The minimum Gasteiger partial charge on any atom is -0.346 e. The lowest BCUT2D eigenvalue weighted by molar-refractivity contribution is -0.196. The molecule has 0 heterocycles. The Balaban J connectivity index is 2.77. The van der Waals surface area contributed by atoms with Crippen molar-refractivity contribution in [1.29, 1.82) is 0 Å². The number of rotatable bonds is 4. The first-order valence-corrected chi connectivity index (χ1v) is 5.12. The van der Waals surface area contributed by atoms with Crippen molar-refractivity contribution in [2.24, 2.45) is 0 Å². The summed E-state index contributed by atoms with van der Waals surface area (Å²) >= 11 is 0. The first-order valence-electron chi connectivity index (χ1n) is 5.12. The van der Waals surface area contributed by atoms with E-state index in [1.54, 1.807) is 0 Å². The molecule has 0 fully saturated rings. The number of hydrogen-bond acceptors (Lipinski definition) is 2. The topological polar surface area (TPSA) is 18.5 Å². The largest absolute Gasteiger partial charge is 0.346 e. The number of hydrogen-bond donors (Lipinski definition) is 0. The smallest absolute Gasteiger partial charge is 0.191 e. The van der Waals surface area contributed by atoms with Gasteiger partial charge in [-0.25, -0.2) is 0 Å². The van der Waals surface area contributed by atoms with E-state index in [9.17, 15) is 0 Å². The molecular weight excluding hydrogens is 176 g/mol. The van der Waals surface area contributed by atoms with Crippen LogP contribution in [0.5, 0.6) is 0 Å². The maximum absolute atomic E-state index is 5.65. The van der Waals surface area contributed by atoms with Crippen molar-refractivity contribution >= 4 is 0 Å². The van der Waals surface area contributed by atoms with Crippen LogP contribution in [-0.4, -0.2) is 19.0 Å². The van der Waals surface area contributed by atoms with Crippen molar-refractivity contribution in [3.63, 3.8) is 0 Å². The fraction of sp³-hybridized carbons (Fsp3) is 0.500. The van der Waals surface area contributed by atoms with E-state index >= 15 is 0 Å². The normalized spacial score (nSPS) is 19.3. The van der Waals surface area contributed by atoms with Crippen LogP contribution in [0.1, 0.15) is 20.3 Å². The van der Waals surface area contributed by atoms with Gasteiger partial charge in [0.1, 0.15) is 0 Å². The number of ether oxygens (including phenoxy) is 2. The molecule has 0 radical (unpaired) electrons. The Morgan fingerprint density at radius 2 is 1.64 bits per heavy atom. The molecule has 2 nitrogen and oxygen atoms in total. The molecule has 0 atom stereocenters. The molecule has 0 saturated carbocycles. The van der Waals surface area contributed by atoms with Gasteiger partial charge in [0.15, 0.2) is 5.79 Å². The molecule has 0 aromatic rings. The summed E-state index contributed by atoms with van der Waals surface area (Å²) < 4.78 is 11.3. The second-order valence-corrected chi connectivity index (χ2v) is 3.05. The highest BCUT2D eigenvalue weighted by molar-refractivity contribution is 5.18. The van der Waals surface area contributed by atoms with E-state index in [0.29, 0.717) is 13.2 Å². The molecule has 0 spiro atoms. The highest BCUT2D eigenvalue weighted by Gasteiger charge is 2.26. The van der Waals surface area contributed by atoms with E-state index in [1.807, 2.05) is 44.2 Å². The van der Waals surface area contributed by atoms with Gasteiger partial charge >= 0.3 is 0 Å². The zero-order valence-corrected chi connectivity index (χ0v) is 8.90. The van der Waals surface area contributed by atoms with Crippen molar-refractivity contribution in [1.82, 2.24) is 0 Å². The molecule has 0 unspecified atom stereocenters. The standard InChI is InChI=1S/C12H18O2/c1-3-13-12(14-4-2)10-8-6-5-7-9-11-12/h5-10H,3-4,11H2,1-2H3. The van der Waals surface area contributed by atoms with E-state index in [4.69, 9.17) is 9.47 Å². The Kier molecular flexibility index (Phi) is 4.63. The van der Waals surface area contributed by atoms with E-state index in [1.165, 1.54) is 0 Å². The summed E-state index contributed by atoms with van der Waals surface area (Å²) in [6, 6.07) is 0. The van der Waals surface area contributed by atoms with Crippen molar-refractivity contribution in [2.75, 3.05) is 13.2 Å². The third kappa shape index (κ3) is 3.13. The molecular formula is C12H18O2. The van der Waals surface area contributed by atoms with Gasteiger partial charge in [-0.15, -0.1) is 0 Å². The van der Waals surface area contributed by atoms with Crippen molar-refractivity contribution in [3.05, 3.63) is 36.5 Å². The molecule has 0 saturated heterocycles. The Morgan fingerprint density at radius 1 is 1.00 bits per heavy atom. The monoisotopic (exact) mass is 194 g/mol. The van der Waals surface area contributed by atoms with Crippen LogP contribution in [0, 0.1) is 0 Å². The SMILES string of the molecule is CCOC1(OCC)C=CC=CC=CC1. The first kappa shape index (κ1) is 11.2. The van der Waals surface area contributed by atoms with Crippen LogP contribution in [0.15, 0.2) is 36.5 Å². The molecule has 0 aromatic carbocycles. The van der Waals surface area contributed by atoms with Gasteiger partial charge in [0.25, 0.3) is 0 Å². The van der Waals surface area contributed by atoms with Gasteiger partial charge in [-0.2, -0.15) is 0 Å². The average Bonchev–Trinajstić information content (AvgIpc) is 2.12. The van der Waals surface area contributed by atoms with E-state index < -0.39 is 5.79 Å². The molecule has 0 N–H and O–H groups in total. The Labute approximate surface area is 85.9 Å². The van der Waals surface area contributed by atoms with Crippen molar-refractivity contribution in [2.45, 2.75) is 26.1 Å². The quantitative estimate of drug-likeness (QED) is 0.641. The maximum atomic E-state index is 5.65. The fourth-order valence-corrected chi connectivity index (χ4v) is 1.45. The van der Waals surface area contributed by atoms with Gasteiger partial charge in [-0.05, 0) is 19.9 Å². The summed E-state index contributed by atoms with van der Waals surface area (Å²) in [6.45, 7) is 5.27. The predicted octanol–water partition coefficient (Wildman–Crippen LogP) is 2.83. The molecule has 1 aliphatic rings. The molecule has 0 bridgehead atoms. The average molecular weight is 194 g/mol. The molecule has 0 amide bonds. The van der Waals surface area contributed by atoms with E-state index in [0.717, 1.165) is 6.42 Å². The molecule has 0 aliphatic heterocycles. The van der Waals surface area contributed by atoms with Gasteiger partial charge in [0.2, 0.25) is 0 Å². The molecule has 1 rings (SSSR count). The minimum atomic E-state index is -0.565. The summed E-state index contributed by atoms with van der Waals surface area (Å²) in [6.07, 6.45) is 12.7. The minimum absolute atomic E-state index is 0.565. The van der Waals surface area contributed by atoms with Gasteiger partial charge in [-0.3, -0.25) is 0 Å².